The van der Waals surface area contributed by atoms with Crippen molar-refractivity contribution in [1.82, 2.24) is 9.80 Å². The van der Waals surface area contributed by atoms with Crippen LogP contribution in [0.4, 0.5) is 0 Å². The molecule has 2 heterocycles. The lowest BCUT2D eigenvalue weighted by atomic mass is 9.73. The third kappa shape index (κ3) is 7.02. The Morgan fingerprint density at radius 1 is 1.05 bits per heavy atom. The normalized spacial score (nSPS) is 20.5. The number of aryl methyl sites for hydroxylation is 3. The highest BCUT2D eigenvalue weighted by Crippen LogP contribution is 2.38. The molecule has 0 radical (unpaired) electrons. The highest BCUT2D eigenvalue weighted by atomic mass is 32.2. The molecule has 0 unspecified atom stereocenters. The number of hydrogen-bond acceptors (Lipinski definition) is 5. The average molecular weight is 555 g/mol. The quantitative estimate of drug-likeness (QED) is 0.546. The fourth-order valence-corrected chi connectivity index (χ4v) is 7.61. The lowest BCUT2D eigenvalue weighted by molar-refractivity contribution is -0.140. The molecule has 1 fully saturated rings. The second kappa shape index (κ2) is 12.1. The van der Waals surface area contributed by atoms with Gasteiger partial charge in [0.1, 0.15) is 5.75 Å². The molecule has 0 N–H and O–H groups in total. The predicted molar refractivity (Wildman–Crippen MR) is 153 cm³/mol. The molecule has 39 heavy (non-hydrogen) atoms. The molecule has 0 bridgehead atoms. The first-order valence-corrected chi connectivity index (χ1v) is 15.7. The molecule has 8 heteroatoms. The van der Waals surface area contributed by atoms with Crippen LogP contribution in [0.15, 0.2) is 47.4 Å². The smallest absolute Gasteiger partial charge is 0.263 e. The lowest BCUT2D eigenvalue weighted by Crippen LogP contribution is -2.50. The van der Waals surface area contributed by atoms with Gasteiger partial charge in [-0.3, -0.25) is 9.59 Å². The number of sulfone groups is 1. The van der Waals surface area contributed by atoms with Crippen molar-refractivity contribution in [3.63, 3.8) is 0 Å². The molecule has 7 nitrogen and oxygen atoms in total. The molecule has 2 aliphatic heterocycles. The maximum atomic E-state index is 13.2. The number of hydrogen-bond donors (Lipinski definition) is 0. The van der Waals surface area contributed by atoms with Gasteiger partial charge in [0, 0.05) is 33.1 Å². The number of ether oxygens (including phenoxy) is 1. The summed E-state index contributed by atoms with van der Waals surface area (Å²) in [4.78, 5) is 30.2. The van der Waals surface area contributed by atoms with Gasteiger partial charge in [-0.1, -0.05) is 36.8 Å². The zero-order valence-electron chi connectivity index (χ0n) is 23.7. The lowest BCUT2D eigenvalue weighted by Gasteiger charge is -2.44. The Morgan fingerprint density at radius 2 is 1.77 bits per heavy atom. The summed E-state index contributed by atoms with van der Waals surface area (Å²) in [6.07, 6.45) is 4.97. The van der Waals surface area contributed by atoms with Crippen LogP contribution in [-0.2, 0) is 25.8 Å². The molecule has 2 amide bonds. The number of carbonyl (C=O) groups is 2. The van der Waals surface area contributed by atoms with Gasteiger partial charge in [0.2, 0.25) is 5.91 Å². The molecule has 212 valence electrons. The van der Waals surface area contributed by atoms with Crippen LogP contribution in [-0.4, -0.2) is 68.6 Å². The third-order valence-electron chi connectivity index (χ3n) is 8.42. The van der Waals surface area contributed by atoms with E-state index in [4.69, 9.17) is 4.74 Å². The van der Waals surface area contributed by atoms with Crippen molar-refractivity contribution in [2.24, 2.45) is 5.41 Å². The number of rotatable bonds is 4. The number of benzene rings is 2. The van der Waals surface area contributed by atoms with E-state index in [2.05, 4.69) is 6.07 Å². The van der Waals surface area contributed by atoms with Crippen molar-refractivity contribution in [3.05, 3.63) is 59.2 Å². The molecule has 4 rings (SSSR count). The minimum Gasteiger partial charge on any atom is -0.481 e. The Bertz CT molecular complexity index is 1300. The van der Waals surface area contributed by atoms with Gasteiger partial charge in [0.25, 0.3) is 5.91 Å². The first-order chi connectivity index (χ1) is 18.5. The highest BCUT2D eigenvalue weighted by Gasteiger charge is 2.38. The summed E-state index contributed by atoms with van der Waals surface area (Å²) in [5, 5.41) is 0. The molecule has 0 aromatic heterocycles. The Morgan fingerprint density at radius 3 is 2.51 bits per heavy atom. The van der Waals surface area contributed by atoms with Crippen molar-refractivity contribution < 1.29 is 22.7 Å². The molecule has 1 spiro atoms. The van der Waals surface area contributed by atoms with Gasteiger partial charge in [-0.2, -0.15) is 0 Å². The summed E-state index contributed by atoms with van der Waals surface area (Å²) < 4.78 is 32.0. The summed E-state index contributed by atoms with van der Waals surface area (Å²) in [5.41, 5.74) is 2.66. The van der Waals surface area contributed by atoms with Crippen LogP contribution in [0, 0.1) is 19.3 Å². The summed E-state index contributed by atoms with van der Waals surface area (Å²) in [6, 6.07) is 13.3. The van der Waals surface area contributed by atoms with Gasteiger partial charge >= 0.3 is 0 Å². The zero-order chi connectivity index (χ0) is 28.2. The molecule has 2 aromatic rings. The number of piperidine rings is 1. The van der Waals surface area contributed by atoms with Crippen molar-refractivity contribution in [2.45, 2.75) is 76.7 Å². The number of likely N-dealkylation sites (N-methyl/N-ethyl adjacent to an activating group) is 1. The number of carbonyl (C=O) groups excluding carboxylic acids is 2. The topological polar surface area (TPSA) is 84.0 Å². The number of fused-ring (bicyclic) bond motifs is 1. The van der Waals surface area contributed by atoms with E-state index in [1.54, 1.807) is 17.9 Å². The van der Waals surface area contributed by atoms with Crippen LogP contribution >= 0.6 is 0 Å². The van der Waals surface area contributed by atoms with Crippen LogP contribution < -0.4 is 4.74 Å². The standard InChI is InChI=1S/C31H42N2O5S/c1-23-12-13-24(2)28(21-23)39(36,37)20-14-29(34)33-18-16-31(17-19-33)15-8-7-10-26-9-5-6-11-27(26)38-25(3)30(35)32(4)22-31/h5-6,9,11-13,21,25H,7-8,10,14-20,22H2,1-4H3/t25-/m1/s1. The van der Waals surface area contributed by atoms with E-state index < -0.39 is 15.9 Å². The second-order valence-electron chi connectivity index (χ2n) is 11.5. The molecule has 1 saturated heterocycles. The molecular weight excluding hydrogens is 512 g/mol. The summed E-state index contributed by atoms with van der Waals surface area (Å²) in [7, 11) is -1.70. The van der Waals surface area contributed by atoms with Crippen LogP contribution in [0.3, 0.4) is 0 Å². The van der Waals surface area contributed by atoms with E-state index in [-0.39, 0.29) is 29.4 Å². The maximum Gasteiger partial charge on any atom is 0.263 e. The van der Waals surface area contributed by atoms with E-state index in [0.717, 1.165) is 55.4 Å². The Hall–Kier alpha value is -2.87. The summed E-state index contributed by atoms with van der Waals surface area (Å²) in [6.45, 7) is 7.26. The van der Waals surface area contributed by atoms with Gasteiger partial charge in [-0.05, 0) is 87.1 Å². The zero-order valence-corrected chi connectivity index (χ0v) is 24.6. The minimum atomic E-state index is -3.54. The second-order valence-corrected chi connectivity index (χ2v) is 13.6. The molecule has 0 saturated carbocycles. The van der Waals surface area contributed by atoms with Gasteiger partial charge in [-0.15, -0.1) is 0 Å². The Kier molecular flexibility index (Phi) is 9.04. The van der Waals surface area contributed by atoms with Crippen molar-refractivity contribution in [2.75, 3.05) is 32.4 Å². The first-order valence-electron chi connectivity index (χ1n) is 14.1. The van der Waals surface area contributed by atoms with Crippen LogP contribution in [0.5, 0.6) is 5.75 Å². The SMILES string of the molecule is Cc1ccc(C)c(S(=O)(=O)CCC(=O)N2CCC3(CCCCc4ccccc4O[C@H](C)C(=O)N(C)C3)CC2)c1. The van der Waals surface area contributed by atoms with E-state index in [0.29, 0.717) is 30.1 Å². The molecule has 2 aliphatic rings. The molecule has 0 aliphatic carbocycles. The third-order valence-corrected chi connectivity index (χ3v) is 10.3. The fraction of sp³-hybridized carbons (Fsp3) is 0.548. The fourth-order valence-electron chi connectivity index (χ4n) is 6.02. The highest BCUT2D eigenvalue weighted by molar-refractivity contribution is 7.91. The van der Waals surface area contributed by atoms with Crippen molar-refractivity contribution in [1.29, 1.82) is 0 Å². The van der Waals surface area contributed by atoms with E-state index in [9.17, 15) is 18.0 Å². The minimum absolute atomic E-state index is 0.0185. The summed E-state index contributed by atoms with van der Waals surface area (Å²) >= 11 is 0. The van der Waals surface area contributed by atoms with Crippen molar-refractivity contribution >= 4 is 21.7 Å². The van der Waals surface area contributed by atoms with Crippen LogP contribution in [0.2, 0.25) is 0 Å². The molecule has 2 aromatic carbocycles. The monoisotopic (exact) mass is 554 g/mol. The van der Waals surface area contributed by atoms with Gasteiger partial charge in [-0.25, -0.2) is 8.42 Å². The van der Waals surface area contributed by atoms with E-state index >= 15 is 0 Å². The van der Waals surface area contributed by atoms with Gasteiger partial charge in [0.05, 0.1) is 10.6 Å². The average Bonchev–Trinajstić information content (AvgIpc) is 2.91. The van der Waals surface area contributed by atoms with E-state index in [1.807, 2.05) is 56.1 Å². The number of nitrogens with zero attached hydrogens (tertiary/aromatic N) is 2. The molecular formula is C31H42N2O5S. The first kappa shape index (κ1) is 29.1. The predicted octanol–water partition coefficient (Wildman–Crippen LogP) is 4.73. The van der Waals surface area contributed by atoms with Gasteiger partial charge < -0.3 is 14.5 Å². The summed E-state index contributed by atoms with van der Waals surface area (Å²) in [5.74, 6) is 0.442. The van der Waals surface area contributed by atoms with Crippen molar-refractivity contribution in [3.8, 4) is 5.75 Å². The number of likely N-dealkylation sites (tertiary alicyclic amines) is 1. The number of amides is 2. The number of para-hydroxylation sites is 1. The van der Waals surface area contributed by atoms with Crippen LogP contribution in [0.25, 0.3) is 0 Å². The van der Waals surface area contributed by atoms with Gasteiger partial charge in [0.15, 0.2) is 15.9 Å². The Balaban J connectivity index is 1.39. The maximum absolute atomic E-state index is 13.2. The van der Waals surface area contributed by atoms with Crippen LogP contribution in [0.1, 0.15) is 62.1 Å². The largest absolute Gasteiger partial charge is 0.481 e. The Labute approximate surface area is 233 Å². The van der Waals surface area contributed by atoms with E-state index in [1.165, 1.54) is 0 Å². The molecule has 1 atom stereocenters.